The average molecular weight is 285 g/mol. The Morgan fingerprint density at radius 1 is 0.952 bits per heavy atom. The maximum absolute atomic E-state index is 6.02. The van der Waals surface area contributed by atoms with Crippen LogP contribution < -0.4 is 15.2 Å². The van der Waals surface area contributed by atoms with Gasteiger partial charge in [-0.1, -0.05) is 17.7 Å². The van der Waals surface area contributed by atoms with Gasteiger partial charge in [0.25, 0.3) is 0 Å². The van der Waals surface area contributed by atoms with Gasteiger partial charge >= 0.3 is 0 Å². The number of nitrogens with two attached hydrogens (primary N) is 1. The smallest absolute Gasteiger partial charge is 0.126 e. The van der Waals surface area contributed by atoms with Gasteiger partial charge in [0.1, 0.15) is 18.1 Å². The lowest BCUT2D eigenvalue weighted by molar-refractivity contribution is 0.283. The van der Waals surface area contributed by atoms with Gasteiger partial charge in [0.05, 0.1) is 6.61 Å². The number of hydrogen-bond acceptors (Lipinski definition) is 3. The van der Waals surface area contributed by atoms with Crippen molar-refractivity contribution in [1.29, 1.82) is 0 Å². The summed E-state index contributed by atoms with van der Waals surface area (Å²) in [5, 5.41) is 0. The third-order valence-electron chi connectivity index (χ3n) is 3.36. The molecule has 2 rings (SSSR count). The first kappa shape index (κ1) is 15.2. The van der Waals surface area contributed by atoms with E-state index in [9.17, 15) is 0 Å². The summed E-state index contributed by atoms with van der Waals surface area (Å²) >= 11 is 0. The first-order chi connectivity index (χ1) is 10.0. The number of aryl methyl sites for hydroxylation is 3. The van der Waals surface area contributed by atoms with Crippen molar-refractivity contribution >= 4 is 5.69 Å². The SMILES string of the molecule is CCOc1ccc(N)cc1COc1c(C)cc(C)cc1C. The number of anilines is 1. The van der Waals surface area contributed by atoms with Crippen LogP contribution in [-0.4, -0.2) is 6.61 Å². The molecular weight excluding hydrogens is 262 g/mol. The van der Waals surface area contributed by atoms with Crippen LogP contribution in [0.25, 0.3) is 0 Å². The van der Waals surface area contributed by atoms with E-state index in [4.69, 9.17) is 15.2 Å². The fourth-order valence-electron chi connectivity index (χ4n) is 2.55. The van der Waals surface area contributed by atoms with Crippen LogP contribution in [0.5, 0.6) is 11.5 Å². The van der Waals surface area contributed by atoms with Crippen LogP contribution in [-0.2, 0) is 6.61 Å². The zero-order chi connectivity index (χ0) is 15.4. The molecule has 0 aliphatic heterocycles. The van der Waals surface area contributed by atoms with E-state index in [1.165, 1.54) is 5.56 Å². The Labute approximate surface area is 126 Å². The molecule has 2 N–H and O–H groups in total. The van der Waals surface area contributed by atoms with E-state index in [2.05, 4.69) is 32.9 Å². The number of ether oxygens (including phenoxy) is 2. The van der Waals surface area contributed by atoms with Gasteiger partial charge in [0, 0.05) is 11.3 Å². The summed E-state index contributed by atoms with van der Waals surface area (Å²) in [6.45, 7) is 9.27. The molecule has 21 heavy (non-hydrogen) atoms. The summed E-state index contributed by atoms with van der Waals surface area (Å²) in [5.41, 5.74) is 11.1. The molecule has 0 unspecified atom stereocenters. The summed E-state index contributed by atoms with van der Waals surface area (Å²) in [5.74, 6) is 1.76. The predicted octanol–water partition coefficient (Wildman–Crippen LogP) is 4.17. The summed E-state index contributed by atoms with van der Waals surface area (Å²) in [6.07, 6.45) is 0. The largest absolute Gasteiger partial charge is 0.493 e. The summed E-state index contributed by atoms with van der Waals surface area (Å²) < 4.78 is 11.6. The van der Waals surface area contributed by atoms with Crippen LogP contribution in [0.15, 0.2) is 30.3 Å². The third kappa shape index (κ3) is 3.69. The van der Waals surface area contributed by atoms with E-state index >= 15 is 0 Å². The van der Waals surface area contributed by atoms with Gasteiger partial charge < -0.3 is 15.2 Å². The van der Waals surface area contributed by atoms with Gasteiger partial charge in [-0.25, -0.2) is 0 Å². The average Bonchev–Trinajstić information content (AvgIpc) is 2.40. The summed E-state index contributed by atoms with van der Waals surface area (Å²) in [6, 6.07) is 9.91. The predicted molar refractivity (Wildman–Crippen MR) is 87.0 cm³/mol. The van der Waals surface area contributed by atoms with Gasteiger partial charge in [-0.3, -0.25) is 0 Å². The van der Waals surface area contributed by atoms with E-state index < -0.39 is 0 Å². The van der Waals surface area contributed by atoms with E-state index in [1.54, 1.807) is 0 Å². The highest BCUT2D eigenvalue weighted by Gasteiger charge is 2.09. The topological polar surface area (TPSA) is 44.5 Å². The van der Waals surface area contributed by atoms with Crippen LogP contribution in [0, 0.1) is 20.8 Å². The second-order valence-electron chi connectivity index (χ2n) is 5.32. The number of nitrogen functional groups attached to an aromatic ring is 1. The Morgan fingerprint density at radius 2 is 1.62 bits per heavy atom. The van der Waals surface area contributed by atoms with Crippen molar-refractivity contribution in [3.05, 3.63) is 52.6 Å². The molecule has 3 nitrogen and oxygen atoms in total. The molecule has 0 saturated carbocycles. The lowest BCUT2D eigenvalue weighted by Gasteiger charge is -2.15. The first-order valence-corrected chi connectivity index (χ1v) is 7.23. The van der Waals surface area contributed by atoms with E-state index in [-0.39, 0.29) is 0 Å². The standard InChI is InChI=1S/C18H23NO2/c1-5-20-17-7-6-16(19)10-15(17)11-21-18-13(3)8-12(2)9-14(18)4/h6-10H,5,11,19H2,1-4H3. The molecule has 0 radical (unpaired) electrons. The number of rotatable bonds is 5. The fraction of sp³-hybridized carbons (Fsp3) is 0.333. The van der Waals surface area contributed by atoms with Crippen molar-refractivity contribution in [2.45, 2.75) is 34.3 Å². The van der Waals surface area contributed by atoms with Crippen LogP contribution in [0.3, 0.4) is 0 Å². The normalized spacial score (nSPS) is 10.5. The molecule has 2 aromatic carbocycles. The van der Waals surface area contributed by atoms with Crippen LogP contribution in [0.4, 0.5) is 5.69 Å². The molecule has 0 amide bonds. The van der Waals surface area contributed by atoms with Gasteiger partial charge in [-0.05, 0) is 57.0 Å². The molecule has 0 aromatic heterocycles. The van der Waals surface area contributed by atoms with Crippen molar-refractivity contribution in [2.75, 3.05) is 12.3 Å². The summed E-state index contributed by atoms with van der Waals surface area (Å²) in [4.78, 5) is 0. The molecule has 3 heteroatoms. The molecule has 0 aliphatic rings. The fourth-order valence-corrected chi connectivity index (χ4v) is 2.55. The van der Waals surface area contributed by atoms with E-state index in [0.717, 1.165) is 33.9 Å². The summed E-state index contributed by atoms with van der Waals surface area (Å²) in [7, 11) is 0. The van der Waals surface area contributed by atoms with Gasteiger partial charge in [0.2, 0.25) is 0 Å². The zero-order valence-electron chi connectivity index (χ0n) is 13.2. The molecule has 0 bridgehead atoms. The lowest BCUT2D eigenvalue weighted by atomic mass is 10.1. The maximum Gasteiger partial charge on any atom is 0.126 e. The molecule has 0 fully saturated rings. The Hall–Kier alpha value is -2.16. The minimum absolute atomic E-state index is 0.450. The molecule has 0 heterocycles. The maximum atomic E-state index is 6.02. The van der Waals surface area contributed by atoms with Crippen LogP contribution in [0.2, 0.25) is 0 Å². The van der Waals surface area contributed by atoms with Crippen LogP contribution in [0.1, 0.15) is 29.2 Å². The van der Waals surface area contributed by atoms with Crippen molar-refractivity contribution < 1.29 is 9.47 Å². The number of benzene rings is 2. The Bertz CT molecular complexity index is 612. The van der Waals surface area contributed by atoms with Gasteiger partial charge in [-0.2, -0.15) is 0 Å². The monoisotopic (exact) mass is 285 g/mol. The highest BCUT2D eigenvalue weighted by molar-refractivity contribution is 5.48. The van der Waals surface area contributed by atoms with Crippen molar-refractivity contribution in [1.82, 2.24) is 0 Å². The molecule has 0 aliphatic carbocycles. The molecule has 0 spiro atoms. The van der Waals surface area contributed by atoms with Gasteiger partial charge in [0.15, 0.2) is 0 Å². The molecule has 0 atom stereocenters. The van der Waals surface area contributed by atoms with Crippen molar-refractivity contribution in [2.24, 2.45) is 0 Å². The second kappa shape index (κ2) is 6.53. The first-order valence-electron chi connectivity index (χ1n) is 7.23. The molecule has 112 valence electrons. The highest BCUT2D eigenvalue weighted by atomic mass is 16.5. The molecule has 2 aromatic rings. The Balaban J connectivity index is 2.22. The Kier molecular flexibility index (Phi) is 4.73. The van der Waals surface area contributed by atoms with E-state index in [1.807, 2.05) is 25.1 Å². The van der Waals surface area contributed by atoms with Crippen LogP contribution >= 0.6 is 0 Å². The highest BCUT2D eigenvalue weighted by Crippen LogP contribution is 2.28. The third-order valence-corrected chi connectivity index (χ3v) is 3.36. The van der Waals surface area contributed by atoms with E-state index in [0.29, 0.717) is 13.2 Å². The lowest BCUT2D eigenvalue weighted by Crippen LogP contribution is -2.04. The Morgan fingerprint density at radius 3 is 2.24 bits per heavy atom. The zero-order valence-corrected chi connectivity index (χ0v) is 13.2. The quantitative estimate of drug-likeness (QED) is 0.838. The minimum atomic E-state index is 0.450. The van der Waals surface area contributed by atoms with Gasteiger partial charge in [-0.15, -0.1) is 0 Å². The van der Waals surface area contributed by atoms with Crippen molar-refractivity contribution in [3.8, 4) is 11.5 Å². The molecular formula is C18H23NO2. The number of hydrogen-bond donors (Lipinski definition) is 1. The minimum Gasteiger partial charge on any atom is -0.493 e. The second-order valence-corrected chi connectivity index (χ2v) is 5.32. The molecule has 0 saturated heterocycles. The van der Waals surface area contributed by atoms with Crippen molar-refractivity contribution in [3.63, 3.8) is 0 Å².